The summed E-state index contributed by atoms with van der Waals surface area (Å²) in [5.74, 6) is 0.193. The number of carbonyl (C=O) groups excluding carboxylic acids is 2. The van der Waals surface area contributed by atoms with Crippen LogP contribution < -0.4 is 10.1 Å². The lowest BCUT2D eigenvalue weighted by Crippen LogP contribution is -2.02. The van der Waals surface area contributed by atoms with E-state index in [9.17, 15) is 9.59 Å². The minimum Gasteiger partial charge on any atom is -0.494 e. The van der Waals surface area contributed by atoms with Gasteiger partial charge in [0.1, 0.15) is 5.75 Å². The number of esters is 1. The summed E-state index contributed by atoms with van der Waals surface area (Å²) in [7, 11) is 1.33. The van der Waals surface area contributed by atoms with Gasteiger partial charge in [-0.15, -0.1) is 0 Å². The fourth-order valence-corrected chi connectivity index (χ4v) is 2.05. The van der Waals surface area contributed by atoms with Gasteiger partial charge >= 0.3 is 5.97 Å². The number of carbonyl (C=O) groups is 2. The van der Waals surface area contributed by atoms with Gasteiger partial charge in [0.05, 0.1) is 19.3 Å². The largest absolute Gasteiger partial charge is 0.494 e. The summed E-state index contributed by atoms with van der Waals surface area (Å²) < 4.78 is 10.0. The lowest BCUT2D eigenvalue weighted by molar-refractivity contribution is 0.0600. The first-order valence-corrected chi connectivity index (χ1v) is 7.52. The molecule has 5 nitrogen and oxygen atoms in total. The zero-order valence-corrected chi connectivity index (χ0v) is 13.6. The summed E-state index contributed by atoms with van der Waals surface area (Å²) in [4.78, 5) is 23.6. The lowest BCUT2D eigenvalue weighted by Gasteiger charge is -2.04. The molecule has 0 aliphatic rings. The van der Waals surface area contributed by atoms with Crippen LogP contribution >= 0.6 is 0 Å². The van der Waals surface area contributed by atoms with Gasteiger partial charge in [0.2, 0.25) is 0 Å². The number of benzene rings is 2. The molecule has 0 fully saturated rings. The molecule has 0 spiro atoms. The van der Waals surface area contributed by atoms with Crippen LogP contribution in [0.25, 0.3) is 0 Å². The molecule has 0 aromatic heterocycles. The quantitative estimate of drug-likeness (QED) is 0.478. The normalized spacial score (nSPS) is 10.4. The molecule has 24 heavy (non-hydrogen) atoms. The van der Waals surface area contributed by atoms with E-state index < -0.39 is 5.97 Å². The third-order valence-electron chi connectivity index (χ3n) is 3.22. The number of hydrogen-bond donors (Lipinski definition) is 1. The van der Waals surface area contributed by atoms with Crippen molar-refractivity contribution in [2.75, 3.05) is 19.0 Å². The Hall–Kier alpha value is -3.08. The highest BCUT2D eigenvalue weighted by atomic mass is 16.5. The number of hydrogen-bond acceptors (Lipinski definition) is 5. The first-order chi connectivity index (χ1) is 11.6. The molecule has 0 atom stereocenters. The van der Waals surface area contributed by atoms with Gasteiger partial charge in [0, 0.05) is 23.5 Å². The Balaban J connectivity index is 1.98. The Morgan fingerprint density at radius 2 is 1.83 bits per heavy atom. The van der Waals surface area contributed by atoms with Crippen LogP contribution in [0.2, 0.25) is 0 Å². The van der Waals surface area contributed by atoms with Crippen molar-refractivity contribution in [1.82, 2.24) is 0 Å². The molecule has 0 saturated heterocycles. The molecule has 2 rings (SSSR count). The van der Waals surface area contributed by atoms with E-state index in [1.54, 1.807) is 48.5 Å². The highest BCUT2D eigenvalue weighted by Gasteiger charge is 2.05. The Morgan fingerprint density at radius 1 is 1.08 bits per heavy atom. The number of methoxy groups -OCH3 is 1. The van der Waals surface area contributed by atoms with Crippen molar-refractivity contribution in [3.8, 4) is 5.75 Å². The van der Waals surface area contributed by atoms with Gasteiger partial charge < -0.3 is 14.8 Å². The lowest BCUT2D eigenvalue weighted by atomic mass is 10.1. The van der Waals surface area contributed by atoms with Crippen molar-refractivity contribution >= 4 is 17.4 Å². The number of ether oxygens (including phenoxy) is 2. The second-order valence-corrected chi connectivity index (χ2v) is 4.87. The maximum absolute atomic E-state index is 12.1. The number of rotatable bonds is 7. The molecule has 124 valence electrons. The topological polar surface area (TPSA) is 64.6 Å². The third kappa shape index (κ3) is 4.71. The molecule has 0 aliphatic heterocycles. The zero-order valence-electron chi connectivity index (χ0n) is 13.6. The van der Waals surface area contributed by atoms with Gasteiger partial charge in [-0.05, 0) is 49.4 Å². The third-order valence-corrected chi connectivity index (χ3v) is 3.22. The van der Waals surface area contributed by atoms with Crippen LogP contribution in [0.15, 0.2) is 60.8 Å². The number of anilines is 1. The zero-order chi connectivity index (χ0) is 17.4. The van der Waals surface area contributed by atoms with Crippen LogP contribution in [-0.2, 0) is 4.74 Å². The standard InChI is InChI=1S/C19H19NO4/c1-3-24-17-9-7-14(8-10-17)18(21)11-12-20-16-6-4-5-15(13-16)19(22)23-2/h4-13,20H,3H2,1-2H3/b12-11+. The molecule has 2 aromatic carbocycles. The minimum absolute atomic E-state index is 0.130. The van der Waals surface area contributed by atoms with Crippen molar-refractivity contribution in [1.29, 1.82) is 0 Å². The van der Waals surface area contributed by atoms with Gasteiger partial charge in [-0.2, -0.15) is 0 Å². The molecule has 0 saturated carbocycles. The minimum atomic E-state index is -0.409. The van der Waals surface area contributed by atoms with Crippen molar-refractivity contribution in [3.63, 3.8) is 0 Å². The second-order valence-electron chi connectivity index (χ2n) is 4.87. The van der Waals surface area contributed by atoms with Gasteiger partial charge in [-0.25, -0.2) is 4.79 Å². The summed E-state index contributed by atoms with van der Waals surface area (Å²) in [6.45, 7) is 2.49. The van der Waals surface area contributed by atoms with E-state index in [2.05, 4.69) is 10.1 Å². The Morgan fingerprint density at radius 3 is 2.50 bits per heavy atom. The van der Waals surface area contributed by atoms with Crippen molar-refractivity contribution in [2.24, 2.45) is 0 Å². The van der Waals surface area contributed by atoms with Crippen LogP contribution in [0.4, 0.5) is 5.69 Å². The fraction of sp³-hybridized carbons (Fsp3) is 0.158. The molecule has 0 amide bonds. The molecule has 1 N–H and O–H groups in total. The first-order valence-electron chi connectivity index (χ1n) is 7.52. The summed E-state index contributed by atoms with van der Waals surface area (Å²) >= 11 is 0. The van der Waals surface area contributed by atoms with E-state index in [-0.39, 0.29) is 5.78 Å². The van der Waals surface area contributed by atoms with E-state index >= 15 is 0 Å². The summed E-state index contributed by atoms with van der Waals surface area (Å²) in [5.41, 5.74) is 1.70. The number of ketones is 1. The Labute approximate surface area is 140 Å². The number of nitrogens with one attached hydrogen (secondary N) is 1. The summed E-state index contributed by atoms with van der Waals surface area (Å²) in [6, 6.07) is 13.8. The van der Waals surface area contributed by atoms with Crippen molar-refractivity contribution in [3.05, 3.63) is 71.9 Å². The summed E-state index contributed by atoms with van der Waals surface area (Å²) in [6.07, 6.45) is 2.97. The van der Waals surface area contributed by atoms with E-state index in [0.29, 0.717) is 23.4 Å². The van der Waals surface area contributed by atoms with Crippen LogP contribution in [0.1, 0.15) is 27.6 Å². The Bertz CT molecular complexity index is 735. The van der Waals surface area contributed by atoms with E-state index in [1.165, 1.54) is 19.4 Å². The maximum atomic E-state index is 12.1. The average molecular weight is 325 g/mol. The predicted octanol–water partition coefficient (Wildman–Crippen LogP) is 3.68. The van der Waals surface area contributed by atoms with Gasteiger partial charge in [-0.1, -0.05) is 6.07 Å². The summed E-state index contributed by atoms with van der Waals surface area (Å²) in [5, 5.41) is 2.96. The molecule has 0 heterocycles. The smallest absolute Gasteiger partial charge is 0.337 e. The maximum Gasteiger partial charge on any atom is 0.337 e. The van der Waals surface area contributed by atoms with Crippen LogP contribution in [-0.4, -0.2) is 25.5 Å². The number of allylic oxidation sites excluding steroid dienone is 1. The molecule has 0 bridgehead atoms. The van der Waals surface area contributed by atoms with Gasteiger partial charge in [-0.3, -0.25) is 4.79 Å². The SMILES string of the molecule is CCOc1ccc(C(=O)/C=C/Nc2cccc(C(=O)OC)c2)cc1. The van der Waals surface area contributed by atoms with Crippen LogP contribution in [0.5, 0.6) is 5.75 Å². The van der Waals surface area contributed by atoms with Crippen LogP contribution in [0.3, 0.4) is 0 Å². The molecule has 2 aromatic rings. The highest BCUT2D eigenvalue weighted by molar-refractivity contribution is 6.04. The first kappa shape index (κ1) is 17.3. The Kier molecular flexibility index (Phi) is 6.14. The predicted molar refractivity (Wildman–Crippen MR) is 92.5 cm³/mol. The second kappa shape index (κ2) is 8.53. The molecule has 0 aliphatic carbocycles. The molecule has 0 radical (unpaired) electrons. The molecular formula is C19H19NO4. The van der Waals surface area contributed by atoms with Gasteiger partial charge in [0.15, 0.2) is 5.78 Å². The van der Waals surface area contributed by atoms with E-state index in [1.807, 2.05) is 6.92 Å². The average Bonchev–Trinajstić information content (AvgIpc) is 2.62. The highest BCUT2D eigenvalue weighted by Crippen LogP contribution is 2.14. The van der Waals surface area contributed by atoms with Crippen LogP contribution in [0, 0.1) is 0 Å². The van der Waals surface area contributed by atoms with Crippen molar-refractivity contribution < 1.29 is 19.1 Å². The van der Waals surface area contributed by atoms with Crippen molar-refractivity contribution in [2.45, 2.75) is 6.92 Å². The molecule has 0 unspecified atom stereocenters. The molecular weight excluding hydrogens is 306 g/mol. The van der Waals surface area contributed by atoms with E-state index in [4.69, 9.17) is 4.74 Å². The monoisotopic (exact) mass is 325 g/mol. The van der Waals surface area contributed by atoms with E-state index in [0.717, 1.165) is 5.75 Å². The van der Waals surface area contributed by atoms with Gasteiger partial charge in [0.25, 0.3) is 0 Å². The molecule has 5 heteroatoms. The fourth-order valence-electron chi connectivity index (χ4n) is 2.05.